The molecular weight excluding hydrogens is 297 g/mol. The maximum atomic E-state index is 12.8. The number of rotatable bonds is 6. The van der Waals surface area contributed by atoms with Crippen LogP contribution < -0.4 is 5.32 Å². The molecule has 0 aliphatic carbocycles. The Balaban J connectivity index is 2.05. The van der Waals surface area contributed by atoms with E-state index in [1.165, 1.54) is 18.2 Å². The van der Waals surface area contributed by atoms with Crippen LogP contribution in [0, 0.1) is 19.7 Å². The van der Waals surface area contributed by atoms with Gasteiger partial charge in [0.15, 0.2) is 0 Å². The molecule has 0 spiro atoms. The molecule has 0 saturated heterocycles. The third-order valence-corrected chi connectivity index (χ3v) is 3.43. The molecule has 0 fully saturated rings. The van der Waals surface area contributed by atoms with E-state index < -0.39 is 0 Å². The third kappa shape index (κ3) is 4.50. The molecule has 1 heterocycles. The van der Waals surface area contributed by atoms with Crippen LogP contribution in [0.25, 0.3) is 6.08 Å². The first-order valence-electron chi connectivity index (χ1n) is 7.29. The Labute approximate surface area is 134 Å². The highest BCUT2D eigenvalue weighted by Crippen LogP contribution is 2.19. The largest absolute Gasteiger partial charge is 0.383 e. The molecule has 6 heteroatoms. The summed E-state index contributed by atoms with van der Waals surface area (Å²) in [6.45, 7) is 4.93. The molecule has 23 heavy (non-hydrogen) atoms. The number of carbonyl (C=O) groups is 1. The highest BCUT2D eigenvalue weighted by atomic mass is 19.1. The maximum Gasteiger partial charge on any atom is 0.248 e. The van der Waals surface area contributed by atoms with Crippen molar-refractivity contribution >= 4 is 17.7 Å². The van der Waals surface area contributed by atoms with Crippen LogP contribution in [0.2, 0.25) is 0 Å². The molecule has 5 nitrogen and oxygen atoms in total. The summed E-state index contributed by atoms with van der Waals surface area (Å²) in [5.41, 5.74) is 3.09. The Morgan fingerprint density at radius 3 is 2.70 bits per heavy atom. The van der Waals surface area contributed by atoms with Crippen molar-refractivity contribution in [1.29, 1.82) is 0 Å². The molecule has 0 bridgehead atoms. The molecule has 1 aromatic heterocycles. The molecule has 0 radical (unpaired) electrons. The molecule has 0 saturated carbocycles. The average molecular weight is 317 g/mol. The van der Waals surface area contributed by atoms with Gasteiger partial charge in [0.25, 0.3) is 0 Å². The summed E-state index contributed by atoms with van der Waals surface area (Å²) in [5, 5.41) is 7.22. The van der Waals surface area contributed by atoms with Crippen LogP contribution in [0.3, 0.4) is 0 Å². The zero-order valence-corrected chi connectivity index (χ0v) is 13.5. The number of aryl methyl sites for hydroxylation is 1. The van der Waals surface area contributed by atoms with Crippen molar-refractivity contribution in [2.45, 2.75) is 20.4 Å². The summed E-state index contributed by atoms with van der Waals surface area (Å²) in [5.74, 6) is -0.562. The number of amides is 1. The van der Waals surface area contributed by atoms with Gasteiger partial charge in [0, 0.05) is 13.2 Å². The monoisotopic (exact) mass is 317 g/mol. The molecule has 0 aliphatic rings. The highest BCUT2D eigenvalue weighted by Gasteiger charge is 2.12. The SMILES string of the molecule is COCCn1nc(C)c(NC(=O)/C=C/c2ccc(F)cc2)c1C. The Bertz CT molecular complexity index is 705. The molecular formula is C17H20FN3O2. The lowest BCUT2D eigenvalue weighted by atomic mass is 10.2. The number of nitrogens with one attached hydrogen (secondary N) is 1. The van der Waals surface area contributed by atoms with Crippen LogP contribution in [-0.2, 0) is 16.1 Å². The van der Waals surface area contributed by atoms with Crippen molar-refractivity contribution in [3.63, 3.8) is 0 Å². The van der Waals surface area contributed by atoms with Gasteiger partial charge in [0.1, 0.15) is 5.82 Å². The fourth-order valence-electron chi connectivity index (χ4n) is 2.18. The minimum absolute atomic E-state index is 0.258. The number of benzene rings is 1. The van der Waals surface area contributed by atoms with Gasteiger partial charge in [-0.15, -0.1) is 0 Å². The summed E-state index contributed by atoms with van der Waals surface area (Å²) in [4.78, 5) is 12.0. The van der Waals surface area contributed by atoms with Gasteiger partial charge in [-0.05, 0) is 37.6 Å². The lowest BCUT2D eigenvalue weighted by molar-refractivity contribution is -0.111. The van der Waals surface area contributed by atoms with Crippen molar-refractivity contribution in [1.82, 2.24) is 9.78 Å². The van der Waals surface area contributed by atoms with E-state index in [1.807, 2.05) is 13.8 Å². The number of anilines is 1. The minimum Gasteiger partial charge on any atom is -0.383 e. The average Bonchev–Trinajstić information content (AvgIpc) is 2.80. The van der Waals surface area contributed by atoms with Gasteiger partial charge in [0.05, 0.1) is 30.2 Å². The second-order valence-corrected chi connectivity index (χ2v) is 5.14. The van der Waals surface area contributed by atoms with Gasteiger partial charge in [-0.2, -0.15) is 5.10 Å². The molecule has 0 atom stereocenters. The summed E-state index contributed by atoms with van der Waals surface area (Å²) >= 11 is 0. The molecule has 0 aliphatic heterocycles. The summed E-state index contributed by atoms with van der Waals surface area (Å²) in [6, 6.07) is 5.92. The van der Waals surface area contributed by atoms with E-state index in [2.05, 4.69) is 10.4 Å². The van der Waals surface area contributed by atoms with Crippen molar-refractivity contribution in [3.05, 3.63) is 53.1 Å². The zero-order chi connectivity index (χ0) is 16.8. The predicted molar refractivity (Wildman–Crippen MR) is 87.6 cm³/mol. The van der Waals surface area contributed by atoms with Gasteiger partial charge < -0.3 is 10.1 Å². The normalized spacial score (nSPS) is 11.1. The fourth-order valence-corrected chi connectivity index (χ4v) is 2.18. The lowest BCUT2D eigenvalue weighted by Crippen LogP contribution is -2.11. The summed E-state index contributed by atoms with van der Waals surface area (Å²) < 4.78 is 19.7. The van der Waals surface area contributed by atoms with Gasteiger partial charge >= 0.3 is 0 Å². The Kier molecular flexibility index (Phi) is 5.65. The second-order valence-electron chi connectivity index (χ2n) is 5.14. The quantitative estimate of drug-likeness (QED) is 0.834. The Morgan fingerprint density at radius 2 is 2.04 bits per heavy atom. The van der Waals surface area contributed by atoms with Gasteiger partial charge in [-0.1, -0.05) is 12.1 Å². The second kappa shape index (κ2) is 7.69. The number of ether oxygens (including phenoxy) is 1. The van der Waals surface area contributed by atoms with Gasteiger partial charge in [-0.25, -0.2) is 4.39 Å². The van der Waals surface area contributed by atoms with Gasteiger partial charge in [0.2, 0.25) is 5.91 Å². The number of hydrogen-bond acceptors (Lipinski definition) is 3. The Morgan fingerprint density at radius 1 is 1.35 bits per heavy atom. The van der Waals surface area contributed by atoms with E-state index in [0.29, 0.717) is 18.8 Å². The highest BCUT2D eigenvalue weighted by molar-refractivity contribution is 6.02. The van der Waals surface area contributed by atoms with Crippen LogP contribution in [0.15, 0.2) is 30.3 Å². The van der Waals surface area contributed by atoms with E-state index in [0.717, 1.165) is 17.0 Å². The minimum atomic E-state index is -0.304. The zero-order valence-electron chi connectivity index (χ0n) is 13.5. The first kappa shape index (κ1) is 16.9. The van der Waals surface area contributed by atoms with E-state index in [-0.39, 0.29) is 11.7 Å². The molecule has 1 aromatic carbocycles. The number of hydrogen-bond donors (Lipinski definition) is 1. The van der Waals surface area contributed by atoms with Crippen LogP contribution in [-0.4, -0.2) is 29.4 Å². The standard InChI is InChI=1S/C17H20FN3O2/c1-12-17(13(2)21(20-12)10-11-23-3)19-16(22)9-6-14-4-7-15(18)8-5-14/h4-9H,10-11H2,1-3H3,(H,19,22)/b9-6+. The molecule has 1 amide bonds. The molecule has 2 aromatic rings. The number of aromatic nitrogens is 2. The van der Waals surface area contributed by atoms with Crippen LogP contribution in [0.4, 0.5) is 10.1 Å². The third-order valence-electron chi connectivity index (χ3n) is 3.43. The van der Waals surface area contributed by atoms with Crippen LogP contribution in [0.1, 0.15) is 17.0 Å². The molecule has 2 rings (SSSR count). The fraction of sp³-hybridized carbons (Fsp3) is 0.294. The van der Waals surface area contributed by atoms with Crippen molar-refractivity contribution in [3.8, 4) is 0 Å². The van der Waals surface area contributed by atoms with Crippen LogP contribution in [0.5, 0.6) is 0 Å². The molecule has 1 N–H and O–H groups in total. The number of nitrogens with zero attached hydrogens (tertiary/aromatic N) is 2. The topological polar surface area (TPSA) is 56.1 Å². The summed E-state index contributed by atoms with van der Waals surface area (Å²) in [7, 11) is 1.63. The molecule has 122 valence electrons. The first-order valence-corrected chi connectivity index (χ1v) is 7.29. The number of carbonyl (C=O) groups excluding carboxylic acids is 1. The van der Waals surface area contributed by atoms with Crippen molar-refractivity contribution in [2.24, 2.45) is 0 Å². The smallest absolute Gasteiger partial charge is 0.248 e. The van der Waals surface area contributed by atoms with E-state index in [1.54, 1.807) is 30.0 Å². The molecule has 0 unspecified atom stereocenters. The van der Waals surface area contributed by atoms with Crippen LogP contribution >= 0.6 is 0 Å². The summed E-state index contributed by atoms with van der Waals surface area (Å²) in [6.07, 6.45) is 3.05. The Hall–Kier alpha value is -2.47. The van der Waals surface area contributed by atoms with Gasteiger partial charge in [-0.3, -0.25) is 9.48 Å². The predicted octanol–water partition coefficient (Wildman–Crippen LogP) is 2.94. The lowest BCUT2D eigenvalue weighted by Gasteiger charge is -2.05. The number of methoxy groups -OCH3 is 1. The van der Waals surface area contributed by atoms with E-state index >= 15 is 0 Å². The maximum absolute atomic E-state index is 12.8. The van der Waals surface area contributed by atoms with Crippen molar-refractivity contribution in [2.75, 3.05) is 19.0 Å². The van der Waals surface area contributed by atoms with E-state index in [9.17, 15) is 9.18 Å². The number of halogens is 1. The van der Waals surface area contributed by atoms with E-state index in [4.69, 9.17) is 4.74 Å². The van der Waals surface area contributed by atoms with Crippen molar-refractivity contribution < 1.29 is 13.9 Å². The first-order chi connectivity index (χ1) is 11.0.